The smallest absolute Gasteiger partial charge is 0.344 e. The molecule has 0 spiro atoms. The lowest BCUT2D eigenvalue weighted by atomic mass is 9.79. The Labute approximate surface area is 153 Å². The number of carbonyl (C=O) groups excluding carboxylic acids is 2. The van der Waals surface area contributed by atoms with Gasteiger partial charge in [-0.1, -0.05) is 48.0 Å². The van der Waals surface area contributed by atoms with Crippen LogP contribution in [-0.4, -0.2) is 24.1 Å². The van der Waals surface area contributed by atoms with E-state index in [4.69, 9.17) is 9.47 Å². The highest BCUT2D eigenvalue weighted by Crippen LogP contribution is 2.68. The molecule has 0 aromatic rings. The predicted molar refractivity (Wildman–Crippen MR) is 98.1 cm³/mol. The molecule has 1 atom stereocenters. The standard InChI is InChI=1S/C21H36O4/c1-7-20(11-9-8-10-12-20)25-16(22)13-24-17(23)21(14-18(2,3)4)15-19(21,5)6/h7-15H2,1-6H3. The topological polar surface area (TPSA) is 52.6 Å². The molecule has 25 heavy (non-hydrogen) atoms. The average molecular weight is 353 g/mol. The minimum Gasteiger partial charge on any atom is -0.457 e. The highest BCUT2D eigenvalue weighted by molar-refractivity contribution is 5.84. The van der Waals surface area contributed by atoms with Crippen LogP contribution < -0.4 is 0 Å². The monoisotopic (exact) mass is 352 g/mol. The Kier molecular flexibility index (Phi) is 5.61. The summed E-state index contributed by atoms with van der Waals surface area (Å²) in [5, 5.41) is 0. The van der Waals surface area contributed by atoms with Gasteiger partial charge in [0.2, 0.25) is 0 Å². The Morgan fingerprint density at radius 1 is 1.04 bits per heavy atom. The maximum absolute atomic E-state index is 12.7. The Hall–Kier alpha value is -1.06. The van der Waals surface area contributed by atoms with Gasteiger partial charge in [0.25, 0.3) is 0 Å². The van der Waals surface area contributed by atoms with Gasteiger partial charge in [-0.3, -0.25) is 4.79 Å². The molecule has 0 aromatic heterocycles. The molecule has 0 heterocycles. The lowest BCUT2D eigenvalue weighted by molar-refractivity contribution is -0.176. The van der Waals surface area contributed by atoms with E-state index in [9.17, 15) is 9.59 Å². The molecule has 2 fully saturated rings. The molecule has 2 aliphatic carbocycles. The molecule has 0 aliphatic heterocycles. The zero-order valence-corrected chi connectivity index (χ0v) is 17.0. The summed E-state index contributed by atoms with van der Waals surface area (Å²) in [5.74, 6) is -0.639. The minimum atomic E-state index is -0.460. The van der Waals surface area contributed by atoms with Crippen molar-refractivity contribution in [3.8, 4) is 0 Å². The van der Waals surface area contributed by atoms with Crippen molar-refractivity contribution < 1.29 is 19.1 Å². The number of esters is 2. The van der Waals surface area contributed by atoms with Crippen molar-refractivity contribution in [1.82, 2.24) is 0 Å². The summed E-state index contributed by atoms with van der Waals surface area (Å²) >= 11 is 0. The predicted octanol–water partition coefficient (Wildman–Crippen LogP) is 5.04. The summed E-state index contributed by atoms with van der Waals surface area (Å²) in [6, 6.07) is 0. The van der Waals surface area contributed by atoms with Crippen LogP contribution in [0.5, 0.6) is 0 Å². The quantitative estimate of drug-likeness (QED) is 0.629. The van der Waals surface area contributed by atoms with E-state index in [0.29, 0.717) is 0 Å². The van der Waals surface area contributed by atoms with E-state index >= 15 is 0 Å². The first-order valence-electron chi connectivity index (χ1n) is 9.84. The van der Waals surface area contributed by atoms with Crippen LogP contribution in [0.2, 0.25) is 0 Å². The second kappa shape index (κ2) is 6.92. The molecule has 2 rings (SSSR count). The molecule has 0 amide bonds. The van der Waals surface area contributed by atoms with E-state index < -0.39 is 11.4 Å². The fourth-order valence-corrected chi connectivity index (χ4v) is 4.60. The van der Waals surface area contributed by atoms with Gasteiger partial charge in [0.1, 0.15) is 5.60 Å². The molecule has 1 unspecified atom stereocenters. The highest BCUT2D eigenvalue weighted by Gasteiger charge is 2.67. The number of hydrogen-bond donors (Lipinski definition) is 0. The molecule has 0 radical (unpaired) electrons. The third kappa shape index (κ3) is 4.57. The van der Waals surface area contributed by atoms with Gasteiger partial charge in [-0.05, 0) is 55.8 Å². The molecule has 0 bridgehead atoms. The maximum Gasteiger partial charge on any atom is 0.344 e. The molecular formula is C21H36O4. The first-order valence-corrected chi connectivity index (χ1v) is 9.84. The molecule has 2 saturated carbocycles. The van der Waals surface area contributed by atoms with E-state index in [1.165, 1.54) is 6.42 Å². The van der Waals surface area contributed by atoms with Crippen LogP contribution in [-0.2, 0) is 19.1 Å². The van der Waals surface area contributed by atoms with Crippen molar-refractivity contribution in [2.45, 2.75) is 98.5 Å². The first kappa shape index (κ1) is 20.3. The largest absolute Gasteiger partial charge is 0.457 e. The van der Waals surface area contributed by atoms with Crippen LogP contribution >= 0.6 is 0 Å². The lowest BCUT2D eigenvalue weighted by Gasteiger charge is -2.36. The van der Waals surface area contributed by atoms with Gasteiger partial charge in [-0.2, -0.15) is 0 Å². The van der Waals surface area contributed by atoms with E-state index in [2.05, 4.69) is 41.5 Å². The van der Waals surface area contributed by atoms with Crippen LogP contribution in [0, 0.1) is 16.2 Å². The molecular weight excluding hydrogens is 316 g/mol. The van der Waals surface area contributed by atoms with Crippen LogP contribution in [0.3, 0.4) is 0 Å². The molecule has 4 heteroatoms. The second-order valence-electron chi connectivity index (χ2n) is 10.0. The zero-order valence-electron chi connectivity index (χ0n) is 17.0. The van der Waals surface area contributed by atoms with E-state index in [0.717, 1.165) is 44.9 Å². The molecule has 4 nitrogen and oxygen atoms in total. The van der Waals surface area contributed by atoms with E-state index in [1.54, 1.807) is 0 Å². The summed E-state index contributed by atoms with van der Waals surface area (Å²) in [5.41, 5.74) is -0.820. The summed E-state index contributed by atoms with van der Waals surface area (Å²) in [4.78, 5) is 25.0. The van der Waals surface area contributed by atoms with Gasteiger partial charge in [0.15, 0.2) is 6.61 Å². The van der Waals surface area contributed by atoms with Crippen LogP contribution in [0.15, 0.2) is 0 Å². The fourth-order valence-electron chi connectivity index (χ4n) is 4.60. The van der Waals surface area contributed by atoms with E-state index in [1.807, 2.05) is 0 Å². The average Bonchev–Trinajstić information content (AvgIpc) is 3.05. The summed E-state index contributed by atoms with van der Waals surface area (Å²) in [6.45, 7) is 12.4. The lowest BCUT2D eigenvalue weighted by Crippen LogP contribution is -2.38. The van der Waals surface area contributed by atoms with Gasteiger partial charge < -0.3 is 9.47 Å². The molecule has 0 aromatic carbocycles. The summed E-state index contributed by atoms with van der Waals surface area (Å²) in [7, 11) is 0. The van der Waals surface area contributed by atoms with Gasteiger partial charge >= 0.3 is 11.9 Å². The second-order valence-corrected chi connectivity index (χ2v) is 10.0. The SMILES string of the molecule is CCC1(OC(=O)COC(=O)C2(CC(C)(C)C)CC2(C)C)CCCCC1. The Balaban J connectivity index is 1.91. The van der Waals surface area contributed by atoms with Crippen molar-refractivity contribution in [2.24, 2.45) is 16.2 Å². The van der Waals surface area contributed by atoms with Crippen molar-refractivity contribution in [1.29, 1.82) is 0 Å². The van der Waals surface area contributed by atoms with Crippen molar-refractivity contribution in [2.75, 3.05) is 6.61 Å². The third-order valence-electron chi connectivity index (χ3n) is 6.20. The fraction of sp³-hybridized carbons (Fsp3) is 0.905. The van der Waals surface area contributed by atoms with Crippen molar-refractivity contribution in [3.05, 3.63) is 0 Å². The van der Waals surface area contributed by atoms with Crippen molar-refractivity contribution in [3.63, 3.8) is 0 Å². The van der Waals surface area contributed by atoms with Crippen molar-refractivity contribution >= 4 is 11.9 Å². The van der Waals surface area contributed by atoms with Crippen LogP contribution in [0.25, 0.3) is 0 Å². The summed E-state index contributed by atoms with van der Waals surface area (Å²) in [6.07, 6.45) is 7.68. The Morgan fingerprint density at radius 3 is 2.04 bits per heavy atom. The normalized spacial score (nSPS) is 27.4. The number of rotatable bonds is 6. The molecule has 144 valence electrons. The zero-order chi connectivity index (χ0) is 18.9. The summed E-state index contributed by atoms with van der Waals surface area (Å²) < 4.78 is 11.2. The van der Waals surface area contributed by atoms with Gasteiger partial charge in [0, 0.05) is 0 Å². The molecule has 0 N–H and O–H groups in total. The van der Waals surface area contributed by atoms with Gasteiger partial charge in [-0.15, -0.1) is 0 Å². The number of carbonyl (C=O) groups is 2. The van der Waals surface area contributed by atoms with Gasteiger partial charge in [0.05, 0.1) is 5.41 Å². The van der Waals surface area contributed by atoms with E-state index in [-0.39, 0.29) is 29.0 Å². The molecule has 2 aliphatic rings. The van der Waals surface area contributed by atoms with Crippen LogP contribution in [0.1, 0.15) is 92.9 Å². The highest BCUT2D eigenvalue weighted by atomic mass is 16.6. The Bertz CT molecular complexity index is 508. The number of hydrogen-bond acceptors (Lipinski definition) is 4. The van der Waals surface area contributed by atoms with Crippen LogP contribution in [0.4, 0.5) is 0 Å². The first-order chi connectivity index (χ1) is 11.5. The third-order valence-corrected chi connectivity index (χ3v) is 6.20. The molecule has 0 saturated heterocycles. The maximum atomic E-state index is 12.7. The van der Waals surface area contributed by atoms with Gasteiger partial charge in [-0.25, -0.2) is 4.79 Å². The number of ether oxygens (including phenoxy) is 2. The minimum absolute atomic E-state index is 0.0433. The Morgan fingerprint density at radius 2 is 1.60 bits per heavy atom.